The van der Waals surface area contributed by atoms with Gasteiger partial charge in [0.1, 0.15) is 0 Å². The molecule has 2 aromatic heterocycles. The first-order valence-corrected chi connectivity index (χ1v) is 12.8. The van der Waals surface area contributed by atoms with Crippen LogP contribution in [0.2, 0.25) is 0 Å². The van der Waals surface area contributed by atoms with Crippen LogP contribution in [-0.2, 0) is 19.4 Å². The van der Waals surface area contributed by atoms with E-state index in [2.05, 4.69) is 52.7 Å². The Morgan fingerprint density at radius 2 is 1.86 bits per heavy atom. The molecule has 35 heavy (non-hydrogen) atoms. The lowest BCUT2D eigenvalue weighted by Gasteiger charge is -2.35. The number of aromatic nitrogens is 2. The van der Waals surface area contributed by atoms with E-state index in [0.717, 1.165) is 45.2 Å². The van der Waals surface area contributed by atoms with Crippen molar-refractivity contribution in [3.63, 3.8) is 0 Å². The van der Waals surface area contributed by atoms with Crippen molar-refractivity contribution in [2.45, 2.75) is 51.1 Å². The number of nitrogens with one attached hydrogen (secondary N) is 1. The van der Waals surface area contributed by atoms with Crippen LogP contribution in [0.1, 0.15) is 59.8 Å². The molecule has 0 saturated carbocycles. The highest BCUT2D eigenvalue weighted by Crippen LogP contribution is 2.39. The minimum atomic E-state index is -0.0316. The van der Waals surface area contributed by atoms with Gasteiger partial charge in [-0.15, -0.1) is 0 Å². The van der Waals surface area contributed by atoms with E-state index < -0.39 is 0 Å². The molecule has 1 aromatic carbocycles. The Bertz CT molecular complexity index is 1190. The van der Waals surface area contributed by atoms with E-state index in [9.17, 15) is 4.79 Å². The first kappa shape index (κ1) is 23.5. The highest BCUT2D eigenvalue weighted by Gasteiger charge is 2.29. The number of carbonyl (C=O) groups is 1. The maximum absolute atomic E-state index is 11.9. The third-order valence-corrected chi connectivity index (χ3v) is 7.33. The molecular formula is C29H35N5O. The van der Waals surface area contributed by atoms with E-state index >= 15 is 0 Å². The lowest BCUT2D eigenvalue weighted by atomic mass is 9.90. The highest BCUT2D eigenvalue weighted by molar-refractivity contribution is 5.77. The van der Waals surface area contributed by atoms with Crippen LogP contribution in [0, 0.1) is 0 Å². The van der Waals surface area contributed by atoms with Gasteiger partial charge in [0.25, 0.3) is 0 Å². The second kappa shape index (κ2) is 10.6. The van der Waals surface area contributed by atoms with Gasteiger partial charge < -0.3 is 10.2 Å². The average Bonchev–Trinajstić information content (AvgIpc) is 3.27. The van der Waals surface area contributed by atoms with Crippen molar-refractivity contribution in [1.29, 1.82) is 0 Å². The predicted octanol–water partition coefficient (Wildman–Crippen LogP) is 4.98. The maximum Gasteiger partial charge on any atom is 0.316 e. The van der Waals surface area contributed by atoms with Gasteiger partial charge in [0, 0.05) is 46.0 Å². The molecule has 1 atom stereocenters. The molecule has 0 spiro atoms. The molecule has 6 heteroatoms. The van der Waals surface area contributed by atoms with Crippen LogP contribution in [0.15, 0.2) is 54.9 Å². The smallest absolute Gasteiger partial charge is 0.316 e. The van der Waals surface area contributed by atoms with Gasteiger partial charge >= 0.3 is 6.03 Å². The van der Waals surface area contributed by atoms with Crippen LogP contribution in [-0.4, -0.2) is 53.0 Å². The van der Waals surface area contributed by atoms with Gasteiger partial charge in [-0.25, -0.2) is 4.79 Å². The number of hydrogen-bond donors (Lipinski definition) is 1. The molecule has 2 amide bonds. The molecule has 0 fully saturated rings. The van der Waals surface area contributed by atoms with Crippen molar-refractivity contribution in [1.82, 2.24) is 25.1 Å². The van der Waals surface area contributed by atoms with Crippen molar-refractivity contribution in [2.24, 2.45) is 0 Å². The van der Waals surface area contributed by atoms with E-state index in [1.165, 1.54) is 45.6 Å². The molecule has 5 rings (SSSR count). The summed E-state index contributed by atoms with van der Waals surface area (Å²) in [5.74, 6) is 0. The summed E-state index contributed by atoms with van der Waals surface area (Å²) in [7, 11) is 3.54. The summed E-state index contributed by atoms with van der Waals surface area (Å²) in [5.41, 5.74) is 9.24. The van der Waals surface area contributed by atoms with Crippen LogP contribution in [0.4, 0.5) is 4.79 Å². The first-order valence-electron chi connectivity index (χ1n) is 12.8. The topological polar surface area (TPSA) is 61.4 Å². The van der Waals surface area contributed by atoms with Crippen LogP contribution < -0.4 is 5.32 Å². The monoisotopic (exact) mass is 469 g/mol. The number of rotatable bonds is 8. The Morgan fingerprint density at radius 3 is 2.74 bits per heavy atom. The van der Waals surface area contributed by atoms with E-state index in [4.69, 9.17) is 9.97 Å². The minimum Gasteiger partial charge on any atom is -0.338 e. The van der Waals surface area contributed by atoms with Crippen molar-refractivity contribution in [3.05, 3.63) is 82.9 Å². The van der Waals surface area contributed by atoms with Gasteiger partial charge in [-0.1, -0.05) is 30.3 Å². The number of urea groups is 1. The predicted molar refractivity (Wildman–Crippen MR) is 139 cm³/mol. The number of aryl methyl sites for hydroxylation is 1. The SMILES string of the molecule is CN(C)C(=O)NCCCCN(Cc1nccc2c1Cc1ccccc1-2)C1CCCc2cccnc21. The maximum atomic E-state index is 11.9. The fraction of sp³-hybridized carbons (Fsp3) is 0.414. The van der Waals surface area contributed by atoms with Gasteiger partial charge in [-0.3, -0.25) is 14.9 Å². The Balaban J connectivity index is 1.35. The van der Waals surface area contributed by atoms with Gasteiger partial charge in [0.05, 0.1) is 17.4 Å². The summed E-state index contributed by atoms with van der Waals surface area (Å²) in [6.45, 7) is 2.47. The number of carbonyl (C=O) groups excluding carboxylic acids is 1. The highest BCUT2D eigenvalue weighted by atomic mass is 16.2. The summed E-state index contributed by atoms with van der Waals surface area (Å²) >= 11 is 0. The van der Waals surface area contributed by atoms with Crippen molar-refractivity contribution >= 4 is 6.03 Å². The van der Waals surface area contributed by atoms with Gasteiger partial charge in [0.15, 0.2) is 0 Å². The van der Waals surface area contributed by atoms with Crippen LogP contribution >= 0.6 is 0 Å². The molecule has 2 heterocycles. The Kier molecular flexibility index (Phi) is 7.09. The second-order valence-corrected chi connectivity index (χ2v) is 9.88. The van der Waals surface area contributed by atoms with Crippen LogP contribution in [0.25, 0.3) is 11.1 Å². The largest absolute Gasteiger partial charge is 0.338 e. The Hall–Kier alpha value is -3.25. The number of amides is 2. The van der Waals surface area contributed by atoms with Gasteiger partial charge in [0.2, 0.25) is 0 Å². The average molecular weight is 470 g/mol. The lowest BCUT2D eigenvalue weighted by Crippen LogP contribution is -2.36. The molecule has 0 bridgehead atoms. The number of unbranched alkanes of at least 4 members (excludes halogenated alkanes) is 1. The number of hydrogen-bond acceptors (Lipinski definition) is 4. The summed E-state index contributed by atoms with van der Waals surface area (Å²) in [4.78, 5) is 25.7. The lowest BCUT2D eigenvalue weighted by molar-refractivity contribution is 0.160. The summed E-state index contributed by atoms with van der Waals surface area (Å²) < 4.78 is 0. The summed E-state index contributed by atoms with van der Waals surface area (Å²) in [6.07, 6.45) is 10.2. The fourth-order valence-electron chi connectivity index (χ4n) is 5.52. The van der Waals surface area contributed by atoms with Crippen LogP contribution in [0.3, 0.4) is 0 Å². The molecule has 182 valence electrons. The Morgan fingerprint density at radius 1 is 1.00 bits per heavy atom. The summed E-state index contributed by atoms with van der Waals surface area (Å²) in [6, 6.07) is 15.4. The molecular weight excluding hydrogens is 434 g/mol. The fourth-order valence-corrected chi connectivity index (χ4v) is 5.52. The van der Waals surface area contributed by atoms with Gasteiger partial charge in [-0.05, 0) is 78.6 Å². The molecule has 2 aliphatic carbocycles. The molecule has 1 unspecified atom stereocenters. The molecule has 2 aliphatic rings. The second-order valence-electron chi connectivity index (χ2n) is 9.88. The van der Waals surface area contributed by atoms with E-state index in [1.807, 2.05) is 12.4 Å². The third-order valence-electron chi connectivity index (χ3n) is 7.33. The first-order chi connectivity index (χ1) is 17.1. The summed E-state index contributed by atoms with van der Waals surface area (Å²) in [5, 5.41) is 2.99. The van der Waals surface area contributed by atoms with Crippen molar-refractivity contribution < 1.29 is 4.79 Å². The number of pyridine rings is 2. The standard InChI is InChI=1S/C29H35N5O/c1-33(2)29(35)32-15-5-6-18-34(27-13-7-10-21-11-8-16-31-28(21)27)20-26-25-19-22-9-3-4-12-23(22)24(25)14-17-30-26/h3-4,8-9,11-12,14,16-17,27H,5-7,10,13,15,18-20H2,1-2H3,(H,32,35). The van der Waals surface area contributed by atoms with E-state index in [-0.39, 0.29) is 6.03 Å². The number of fused-ring (bicyclic) bond motifs is 4. The zero-order valence-electron chi connectivity index (χ0n) is 20.8. The number of benzene rings is 1. The van der Waals surface area contributed by atoms with Crippen molar-refractivity contribution in [2.75, 3.05) is 27.2 Å². The number of nitrogens with zero attached hydrogens (tertiary/aromatic N) is 4. The molecule has 1 N–H and O–H groups in total. The molecule has 0 saturated heterocycles. The van der Waals surface area contributed by atoms with E-state index in [1.54, 1.807) is 19.0 Å². The Labute approximate surface area is 208 Å². The normalized spacial score (nSPS) is 15.9. The van der Waals surface area contributed by atoms with Gasteiger partial charge in [-0.2, -0.15) is 0 Å². The molecule has 6 nitrogen and oxygen atoms in total. The molecule has 3 aromatic rings. The van der Waals surface area contributed by atoms with Crippen molar-refractivity contribution in [3.8, 4) is 11.1 Å². The van der Waals surface area contributed by atoms with E-state index in [0.29, 0.717) is 12.6 Å². The zero-order chi connectivity index (χ0) is 24.2. The molecule has 0 radical (unpaired) electrons. The minimum absolute atomic E-state index is 0.0316. The third kappa shape index (κ3) is 5.08. The molecule has 0 aliphatic heterocycles. The van der Waals surface area contributed by atoms with Crippen LogP contribution in [0.5, 0.6) is 0 Å². The quantitative estimate of drug-likeness (QED) is 0.370. The zero-order valence-corrected chi connectivity index (χ0v) is 20.8.